The number of aromatic nitrogens is 3. The van der Waals surface area contributed by atoms with Crippen LogP contribution in [0.1, 0.15) is 58.8 Å². The number of nitrogens with zero attached hydrogens (tertiary/aromatic N) is 5. The highest BCUT2D eigenvalue weighted by Crippen LogP contribution is 2.39. The molecule has 0 unspecified atom stereocenters. The molecule has 2 aromatic carbocycles. The highest BCUT2D eigenvalue weighted by Gasteiger charge is 2.33. The van der Waals surface area contributed by atoms with Crippen molar-refractivity contribution < 1.29 is 19.4 Å². The summed E-state index contributed by atoms with van der Waals surface area (Å²) in [6, 6.07) is 16.0. The van der Waals surface area contributed by atoms with E-state index in [0.717, 1.165) is 69.5 Å². The van der Waals surface area contributed by atoms with Crippen molar-refractivity contribution in [1.29, 1.82) is 0 Å². The van der Waals surface area contributed by atoms with Gasteiger partial charge in [-0.15, -0.1) is 0 Å². The number of nitrogens with two attached hydrogens (primary N) is 1. The number of aliphatic hydroxyl groups excluding tert-OH is 1. The van der Waals surface area contributed by atoms with Crippen molar-refractivity contribution in [3.05, 3.63) is 83.3 Å². The van der Waals surface area contributed by atoms with Crippen LogP contribution < -0.4 is 15.8 Å². The van der Waals surface area contributed by atoms with Crippen LogP contribution in [0.5, 0.6) is 5.75 Å². The fourth-order valence-corrected chi connectivity index (χ4v) is 7.83. The summed E-state index contributed by atoms with van der Waals surface area (Å²) < 4.78 is 13.8. The van der Waals surface area contributed by atoms with Crippen molar-refractivity contribution in [2.24, 2.45) is 7.05 Å². The molecular formula is C38H47N7O4. The summed E-state index contributed by atoms with van der Waals surface area (Å²) >= 11 is 0. The summed E-state index contributed by atoms with van der Waals surface area (Å²) in [7, 11) is 3.36. The number of nitrogens with one attached hydrogen (secondary N) is 1. The van der Waals surface area contributed by atoms with Gasteiger partial charge in [-0.1, -0.05) is 42.5 Å². The molecule has 2 fully saturated rings. The molecule has 4 aromatic rings. The molecule has 1 amide bonds. The number of nitrogen functional groups attached to an aromatic ring is 1. The van der Waals surface area contributed by atoms with Gasteiger partial charge in [0.05, 0.1) is 38.7 Å². The average Bonchev–Trinajstić information content (AvgIpc) is 3.87. The van der Waals surface area contributed by atoms with E-state index < -0.39 is 0 Å². The maximum atomic E-state index is 13.6. The Morgan fingerprint density at radius 3 is 2.55 bits per heavy atom. The van der Waals surface area contributed by atoms with Gasteiger partial charge in [-0.05, 0) is 59.9 Å². The van der Waals surface area contributed by atoms with E-state index in [2.05, 4.69) is 67.7 Å². The van der Waals surface area contributed by atoms with Gasteiger partial charge in [-0.3, -0.25) is 19.3 Å². The van der Waals surface area contributed by atoms with Crippen LogP contribution in [0, 0.1) is 0 Å². The molecule has 11 nitrogen and oxygen atoms in total. The molecule has 11 heteroatoms. The Morgan fingerprint density at radius 2 is 1.82 bits per heavy atom. The minimum Gasteiger partial charge on any atom is -0.495 e. The molecule has 3 heterocycles. The molecule has 3 aliphatic rings. The molecule has 3 atom stereocenters. The SMILES string of the molecule is COc1c(-c2cnn(C)c2)cnc(N)c1C(=O)N[C@H]1CCC[C@@H]1OCc1ccc(-c2ccc3c(c2)CC[C@@H]3N2CCN(CCO)CC2)cc1. The maximum absolute atomic E-state index is 13.6. The van der Waals surface area contributed by atoms with Crippen LogP contribution in [0.25, 0.3) is 22.3 Å². The summed E-state index contributed by atoms with van der Waals surface area (Å²) in [4.78, 5) is 22.9. The first kappa shape index (κ1) is 33.2. The second kappa shape index (κ2) is 14.7. The Kier molecular flexibility index (Phi) is 9.95. The molecular weight excluding hydrogens is 618 g/mol. The van der Waals surface area contributed by atoms with Gasteiger partial charge in [0.15, 0.2) is 0 Å². The fraction of sp³-hybridized carbons (Fsp3) is 0.447. The second-order valence-electron chi connectivity index (χ2n) is 13.5. The first-order valence-electron chi connectivity index (χ1n) is 17.4. The van der Waals surface area contributed by atoms with Crippen molar-refractivity contribution in [2.45, 2.75) is 56.9 Å². The lowest BCUT2D eigenvalue weighted by atomic mass is 9.98. The number of carbonyl (C=O) groups excluding carboxylic acids is 1. The van der Waals surface area contributed by atoms with Crippen molar-refractivity contribution >= 4 is 11.7 Å². The number of carbonyl (C=O) groups is 1. The van der Waals surface area contributed by atoms with Crippen molar-refractivity contribution in [2.75, 3.05) is 52.2 Å². The van der Waals surface area contributed by atoms with Gasteiger partial charge in [0.1, 0.15) is 17.1 Å². The lowest BCUT2D eigenvalue weighted by Gasteiger charge is -2.38. The molecule has 49 heavy (non-hydrogen) atoms. The highest BCUT2D eigenvalue weighted by atomic mass is 16.5. The van der Waals surface area contributed by atoms with E-state index in [1.807, 2.05) is 13.2 Å². The number of pyridine rings is 1. The number of ether oxygens (including phenoxy) is 2. The molecule has 0 radical (unpaired) electrons. The molecule has 1 saturated carbocycles. The van der Waals surface area contributed by atoms with Crippen LogP contribution in [-0.4, -0.2) is 94.2 Å². The molecule has 7 rings (SSSR count). The fourth-order valence-electron chi connectivity index (χ4n) is 7.83. The number of fused-ring (bicyclic) bond motifs is 1. The Hall–Kier alpha value is -4.29. The predicted octanol–water partition coefficient (Wildman–Crippen LogP) is 4.20. The van der Waals surface area contributed by atoms with E-state index in [0.29, 0.717) is 24.0 Å². The summed E-state index contributed by atoms with van der Waals surface area (Å²) in [5.74, 6) is 0.179. The molecule has 258 valence electrons. The number of benzene rings is 2. The minimum atomic E-state index is -0.321. The van der Waals surface area contributed by atoms with E-state index in [4.69, 9.17) is 15.2 Å². The smallest absolute Gasteiger partial charge is 0.259 e. The standard InChI is InChI=1S/C38H47N7O4/c1-43-23-29(21-41-43)31-22-40-37(39)35(36(31)48-2)38(47)42-32-4-3-5-34(32)49-24-25-6-8-26(9-7-25)27-10-12-30-28(20-27)11-13-33(30)45-16-14-44(15-17-45)18-19-46/h6-10,12,20-23,32-34,46H,3-5,11,13-19,24H2,1-2H3,(H2,39,40)(H,42,47)/t32-,33-,34-/m0/s1. The maximum Gasteiger partial charge on any atom is 0.259 e. The van der Waals surface area contributed by atoms with Crippen molar-refractivity contribution in [3.8, 4) is 28.0 Å². The molecule has 0 bridgehead atoms. The minimum absolute atomic E-state index is 0.104. The van der Waals surface area contributed by atoms with Crippen LogP contribution in [0.2, 0.25) is 0 Å². The lowest BCUT2D eigenvalue weighted by Crippen LogP contribution is -2.47. The summed E-state index contributed by atoms with van der Waals surface area (Å²) in [6.45, 7) is 5.66. The number of aryl methyl sites for hydroxylation is 2. The molecule has 0 spiro atoms. The van der Waals surface area contributed by atoms with Gasteiger partial charge < -0.3 is 25.6 Å². The van der Waals surface area contributed by atoms with E-state index >= 15 is 0 Å². The molecule has 1 aliphatic heterocycles. The summed E-state index contributed by atoms with van der Waals surface area (Å²) in [5.41, 5.74) is 14.4. The van der Waals surface area contributed by atoms with Crippen LogP contribution in [0.3, 0.4) is 0 Å². The van der Waals surface area contributed by atoms with Gasteiger partial charge in [0, 0.05) is 69.3 Å². The summed E-state index contributed by atoms with van der Waals surface area (Å²) in [6.07, 6.45) is 10.0. The zero-order valence-electron chi connectivity index (χ0n) is 28.5. The van der Waals surface area contributed by atoms with Gasteiger partial charge in [-0.25, -0.2) is 4.98 Å². The molecule has 4 N–H and O–H groups in total. The first-order chi connectivity index (χ1) is 23.9. The zero-order chi connectivity index (χ0) is 33.9. The Morgan fingerprint density at radius 1 is 1.02 bits per heavy atom. The number of hydrogen-bond acceptors (Lipinski definition) is 9. The third-order valence-corrected chi connectivity index (χ3v) is 10.5. The second-order valence-corrected chi connectivity index (χ2v) is 13.5. The van der Waals surface area contributed by atoms with Crippen LogP contribution in [0.15, 0.2) is 61.1 Å². The van der Waals surface area contributed by atoms with Crippen LogP contribution in [0.4, 0.5) is 5.82 Å². The molecule has 1 saturated heterocycles. The van der Waals surface area contributed by atoms with E-state index in [1.54, 1.807) is 17.1 Å². The Labute approximate surface area is 288 Å². The number of hydrogen-bond donors (Lipinski definition) is 3. The van der Waals surface area contributed by atoms with Crippen LogP contribution in [-0.2, 0) is 24.8 Å². The number of piperazine rings is 1. The zero-order valence-corrected chi connectivity index (χ0v) is 28.5. The Balaban J connectivity index is 0.960. The normalized spacial score (nSPS) is 21.2. The van der Waals surface area contributed by atoms with Gasteiger partial charge in [-0.2, -0.15) is 5.10 Å². The van der Waals surface area contributed by atoms with Crippen molar-refractivity contribution in [3.63, 3.8) is 0 Å². The van der Waals surface area contributed by atoms with Gasteiger partial charge >= 0.3 is 0 Å². The van der Waals surface area contributed by atoms with Gasteiger partial charge in [0.25, 0.3) is 5.91 Å². The first-order valence-corrected chi connectivity index (χ1v) is 17.4. The van der Waals surface area contributed by atoms with E-state index in [1.165, 1.54) is 35.8 Å². The number of methoxy groups -OCH3 is 1. The molecule has 2 aromatic heterocycles. The number of anilines is 1. The number of amides is 1. The monoisotopic (exact) mass is 665 g/mol. The third kappa shape index (κ3) is 7.07. The largest absolute Gasteiger partial charge is 0.495 e. The van der Waals surface area contributed by atoms with Crippen molar-refractivity contribution in [1.82, 2.24) is 29.9 Å². The quantitative estimate of drug-likeness (QED) is 0.216. The topological polar surface area (TPSA) is 131 Å². The summed E-state index contributed by atoms with van der Waals surface area (Å²) in [5, 5.41) is 16.7. The average molecular weight is 666 g/mol. The van der Waals surface area contributed by atoms with E-state index in [9.17, 15) is 9.90 Å². The predicted molar refractivity (Wildman–Crippen MR) is 189 cm³/mol. The number of aliphatic hydroxyl groups is 1. The van der Waals surface area contributed by atoms with Gasteiger partial charge in [0.2, 0.25) is 0 Å². The Bertz CT molecular complexity index is 1770. The highest BCUT2D eigenvalue weighted by molar-refractivity contribution is 6.03. The molecule has 2 aliphatic carbocycles. The van der Waals surface area contributed by atoms with E-state index in [-0.39, 0.29) is 36.0 Å². The van der Waals surface area contributed by atoms with Crippen LogP contribution >= 0.6 is 0 Å². The number of β-amino-alcohol motifs (C(OH)–C–C–N with tert-alkyl or cyclic N) is 1. The number of rotatable bonds is 11. The lowest BCUT2D eigenvalue weighted by molar-refractivity contribution is 0.0272. The third-order valence-electron chi connectivity index (χ3n) is 10.5.